The Hall–Kier alpha value is -1.92. The second-order valence-corrected chi connectivity index (χ2v) is 6.17. The monoisotopic (exact) mass is 291 g/mol. The van der Waals surface area contributed by atoms with Crippen LogP contribution in [-0.2, 0) is 22.4 Å². The number of nitrogens with two attached hydrogens (primary N) is 1. The van der Waals surface area contributed by atoms with Crippen molar-refractivity contribution in [1.82, 2.24) is 20.3 Å². The molecule has 3 unspecified atom stereocenters. The lowest BCUT2D eigenvalue weighted by atomic mass is 9.86. The quantitative estimate of drug-likeness (QED) is 0.801. The number of fused-ring (bicyclic) bond motifs is 1. The first-order valence-electron chi connectivity index (χ1n) is 7.54. The van der Waals surface area contributed by atoms with E-state index in [0.29, 0.717) is 13.0 Å². The average molecular weight is 291 g/mol. The predicted octanol–water partition coefficient (Wildman–Crippen LogP) is 0.0220. The van der Waals surface area contributed by atoms with E-state index >= 15 is 0 Å². The van der Waals surface area contributed by atoms with Crippen LogP contribution < -0.4 is 5.73 Å². The second-order valence-electron chi connectivity index (χ2n) is 6.17. The molecule has 2 heterocycles. The van der Waals surface area contributed by atoms with Crippen molar-refractivity contribution in [1.29, 1.82) is 0 Å². The van der Waals surface area contributed by atoms with Crippen LogP contribution in [0.2, 0.25) is 0 Å². The Morgan fingerprint density at radius 2 is 1.95 bits per heavy atom. The number of aromatic nitrogens is 3. The van der Waals surface area contributed by atoms with Crippen LogP contribution in [0.1, 0.15) is 37.6 Å². The van der Waals surface area contributed by atoms with E-state index in [4.69, 9.17) is 5.73 Å². The van der Waals surface area contributed by atoms with Gasteiger partial charge in [0, 0.05) is 24.9 Å². The normalized spacial score (nSPS) is 29.0. The summed E-state index contributed by atoms with van der Waals surface area (Å²) in [4.78, 5) is 26.0. The van der Waals surface area contributed by atoms with E-state index in [9.17, 15) is 9.59 Å². The lowest BCUT2D eigenvalue weighted by Gasteiger charge is -2.39. The van der Waals surface area contributed by atoms with Crippen LogP contribution in [-0.4, -0.2) is 44.7 Å². The van der Waals surface area contributed by atoms with E-state index in [1.165, 1.54) is 0 Å². The SMILES string of the molecule is CC1CCC(C(N)=O)CN1C(=O)C1CCc2n[nH]nc2C1. The van der Waals surface area contributed by atoms with Crippen molar-refractivity contribution in [3.63, 3.8) is 0 Å². The van der Waals surface area contributed by atoms with Crippen molar-refractivity contribution in [3.05, 3.63) is 11.4 Å². The maximum absolute atomic E-state index is 12.8. The maximum atomic E-state index is 12.8. The Bertz CT molecular complexity index is 555. The number of nitrogens with one attached hydrogen (secondary N) is 1. The average Bonchev–Trinajstić information content (AvgIpc) is 2.94. The number of amides is 2. The van der Waals surface area contributed by atoms with Gasteiger partial charge in [-0.05, 0) is 32.6 Å². The van der Waals surface area contributed by atoms with Gasteiger partial charge in [-0.2, -0.15) is 15.4 Å². The van der Waals surface area contributed by atoms with Gasteiger partial charge >= 0.3 is 0 Å². The minimum atomic E-state index is -0.304. The molecule has 3 atom stereocenters. The number of hydrogen-bond donors (Lipinski definition) is 2. The van der Waals surface area contributed by atoms with Crippen LogP contribution in [0.15, 0.2) is 0 Å². The molecule has 3 N–H and O–H groups in total. The first-order valence-corrected chi connectivity index (χ1v) is 7.54. The number of primary amides is 1. The Kier molecular flexibility index (Phi) is 3.65. The van der Waals surface area contributed by atoms with Crippen molar-refractivity contribution in [2.75, 3.05) is 6.54 Å². The summed E-state index contributed by atoms with van der Waals surface area (Å²) < 4.78 is 0. The van der Waals surface area contributed by atoms with Crippen LogP contribution >= 0.6 is 0 Å². The van der Waals surface area contributed by atoms with Gasteiger partial charge in [-0.25, -0.2) is 0 Å². The van der Waals surface area contributed by atoms with E-state index in [1.807, 2.05) is 11.8 Å². The molecule has 0 bridgehead atoms. The molecule has 0 spiro atoms. The van der Waals surface area contributed by atoms with Gasteiger partial charge in [0.05, 0.1) is 17.3 Å². The number of aryl methyl sites for hydroxylation is 1. The molecule has 0 saturated carbocycles. The summed E-state index contributed by atoms with van der Waals surface area (Å²) in [6.07, 6.45) is 3.82. The van der Waals surface area contributed by atoms with Crippen molar-refractivity contribution < 1.29 is 9.59 Å². The number of carbonyl (C=O) groups is 2. The van der Waals surface area contributed by atoms with E-state index in [1.54, 1.807) is 0 Å². The van der Waals surface area contributed by atoms with E-state index in [2.05, 4.69) is 15.4 Å². The third kappa shape index (κ3) is 2.64. The van der Waals surface area contributed by atoms with Crippen LogP contribution in [0, 0.1) is 11.8 Å². The minimum Gasteiger partial charge on any atom is -0.369 e. The fourth-order valence-electron chi connectivity index (χ4n) is 3.38. The molecule has 7 nitrogen and oxygen atoms in total. The smallest absolute Gasteiger partial charge is 0.226 e. The van der Waals surface area contributed by atoms with Gasteiger partial charge in [-0.1, -0.05) is 0 Å². The van der Waals surface area contributed by atoms with Crippen molar-refractivity contribution in [3.8, 4) is 0 Å². The summed E-state index contributed by atoms with van der Waals surface area (Å²) >= 11 is 0. The Balaban J connectivity index is 1.71. The highest BCUT2D eigenvalue weighted by Gasteiger charge is 2.36. The molecule has 21 heavy (non-hydrogen) atoms. The minimum absolute atomic E-state index is 0.0586. The molecule has 0 radical (unpaired) electrons. The van der Waals surface area contributed by atoms with Crippen LogP contribution in [0.3, 0.4) is 0 Å². The van der Waals surface area contributed by atoms with Crippen LogP contribution in [0.5, 0.6) is 0 Å². The van der Waals surface area contributed by atoms with Gasteiger partial charge in [-0.3, -0.25) is 9.59 Å². The van der Waals surface area contributed by atoms with Gasteiger partial charge in [0.15, 0.2) is 0 Å². The van der Waals surface area contributed by atoms with Crippen LogP contribution in [0.4, 0.5) is 0 Å². The van der Waals surface area contributed by atoms with Crippen molar-refractivity contribution >= 4 is 11.8 Å². The Morgan fingerprint density at radius 3 is 2.71 bits per heavy atom. The first kappa shape index (κ1) is 14.0. The molecule has 0 aromatic carbocycles. The lowest BCUT2D eigenvalue weighted by molar-refractivity contribution is -0.141. The van der Waals surface area contributed by atoms with Crippen molar-refractivity contribution in [2.24, 2.45) is 17.6 Å². The number of H-pyrrole nitrogens is 1. The molecule has 1 aliphatic heterocycles. The molecule has 1 saturated heterocycles. The zero-order valence-corrected chi connectivity index (χ0v) is 12.2. The first-order chi connectivity index (χ1) is 10.1. The molecule has 1 aliphatic carbocycles. The zero-order valence-electron chi connectivity index (χ0n) is 12.2. The zero-order chi connectivity index (χ0) is 15.0. The molecule has 3 rings (SSSR count). The molecule has 2 aliphatic rings. The Labute approximate surface area is 123 Å². The highest BCUT2D eigenvalue weighted by Crippen LogP contribution is 2.28. The molecular weight excluding hydrogens is 270 g/mol. The van der Waals surface area contributed by atoms with Gasteiger partial charge in [0.2, 0.25) is 11.8 Å². The van der Waals surface area contributed by atoms with E-state index in [-0.39, 0.29) is 29.7 Å². The number of rotatable bonds is 2. The molecule has 1 aromatic rings. The summed E-state index contributed by atoms with van der Waals surface area (Å²) in [6.45, 7) is 2.50. The lowest BCUT2D eigenvalue weighted by Crippen LogP contribution is -2.51. The second kappa shape index (κ2) is 5.46. The summed E-state index contributed by atoms with van der Waals surface area (Å²) in [5.41, 5.74) is 7.28. The summed E-state index contributed by atoms with van der Waals surface area (Å²) in [7, 11) is 0. The summed E-state index contributed by atoms with van der Waals surface area (Å²) in [5.74, 6) is -0.447. The molecular formula is C14H21N5O2. The largest absolute Gasteiger partial charge is 0.369 e. The Morgan fingerprint density at radius 1 is 1.19 bits per heavy atom. The van der Waals surface area contributed by atoms with Crippen molar-refractivity contribution in [2.45, 2.75) is 45.1 Å². The number of hydrogen-bond acceptors (Lipinski definition) is 4. The summed E-state index contributed by atoms with van der Waals surface area (Å²) in [6, 6.07) is 0.173. The number of piperidine rings is 1. The highest BCUT2D eigenvalue weighted by atomic mass is 16.2. The standard InChI is InChI=1S/C14H21N5O2/c1-8-2-3-10(13(15)20)7-19(8)14(21)9-4-5-11-12(6-9)17-18-16-11/h8-10H,2-7H2,1H3,(H2,15,20)(H,16,17,18). The van der Waals surface area contributed by atoms with Gasteiger partial charge in [0.25, 0.3) is 0 Å². The molecule has 1 aromatic heterocycles. The number of aromatic amines is 1. The molecule has 1 fully saturated rings. The van der Waals surface area contributed by atoms with Gasteiger partial charge in [0.1, 0.15) is 0 Å². The fraction of sp³-hybridized carbons (Fsp3) is 0.714. The number of carbonyl (C=O) groups excluding carboxylic acids is 2. The molecule has 114 valence electrons. The van der Waals surface area contributed by atoms with E-state index < -0.39 is 0 Å². The van der Waals surface area contributed by atoms with Gasteiger partial charge < -0.3 is 10.6 Å². The third-order valence-corrected chi connectivity index (χ3v) is 4.79. The fourth-order valence-corrected chi connectivity index (χ4v) is 3.38. The van der Waals surface area contributed by atoms with E-state index in [0.717, 1.165) is 37.1 Å². The third-order valence-electron chi connectivity index (χ3n) is 4.79. The number of likely N-dealkylation sites (tertiary alicyclic amines) is 1. The van der Waals surface area contributed by atoms with Gasteiger partial charge in [-0.15, -0.1) is 0 Å². The number of nitrogens with zero attached hydrogens (tertiary/aromatic N) is 3. The topological polar surface area (TPSA) is 105 Å². The molecule has 7 heteroatoms. The molecule has 2 amide bonds. The summed E-state index contributed by atoms with van der Waals surface area (Å²) in [5, 5.41) is 10.8. The van der Waals surface area contributed by atoms with Crippen LogP contribution in [0.25, 0.3) is 0 Å². The maximum Gasteiger partial charge on any atom is 0.226 e. The predicted molar refractivity (Wildman–Crippen MR) is 75.0 cm³/mol. The highest BCUT2D eigenvalue weighted by molar-refractivity contribution is 5.82.